The molecule has 2 aromatic carbocycles. The first-order valence-corrected chi connectivity index (χ1v) is 11.6. The number of piperidine rings is 1. The smallest absolute Gasteiger partial charge is 0.276 e. The van der Waals surface area contributed by atoms with Crippen molar-refractivity contribution in [2.45, 2.75) is 37.1 Å². The molecule has 3 aromatic rings. The maximum absolute atomic E-state index is 12.9. The molecule has 31 heavy (non-hydrogen) atoms. The molecule has 1 aromatic heterocycles. The van der Waals surface area contributed by atoms with Crippen molar-refractivity contribution in [3.8, 4) is 5.75 Å². The van der Waals surface area contributed by atoms with Crippen LogP contribution in [0.25, 0.3) is 0 Å². The van der Waals surface area contributed by atoms with E-state index in [1.165, 1.54) is 0 Å². The molecule has 0 radical (unpaired) electrons. The largest absolute Gasteiger partial charge is 0.484 e. The molecule has 1 amide bonds. The molecule has 0 bridgehead atoms. The van der Waals surface area contributed by atoms with Gasteiger partial charge in [-0.1, -0.05) is 47.6 Å². The topological polar surface area (TPSA) is 64.8 Å². The lowest BCUT2D eigenvalue weighted by atomic mass is 10.1. The zero-order valence-electron chi connectivity index (χ0n) is 17.5. The summed E-state index contributed by atoms with van der Waals surface area (Å²) in [6.45, 7) is 2.03. The van der Waals surface area contributed by atoms with E-state index in [1.807, 2.05) is 60.9 Å². The maximum Gasteiger partial charge on any atom is 0.276 e. The first-order valence-electron chi connectivity index (χ1n) is 10.4. The Morgan fingerprint density at radius 3 is 2.81 bits per heavy atom. The maximum atomic E-state index is 12.9. The Kier molecular flexibility index (Phi) is 7.27. The fraction of sp³-hybridized carbons (Fsp3) is 0.333. The number of aromatic nitrogens is 1. The van der Waals surface area contributed by atoms with Gasteiger partial charge in [0.15, 0.2) is 11.5 Å². The van der Waals surface area contributed by atoms with Crippen LogP contribution in [0.3, 0.4) is 0 Å². The highest BCUT2D eigenvalue weighted by atomic mass is 32.2. The van der Waals surface area contributed by atoms with Crippen LogP contribution in [0.15, 0.2) is 70.1 Å². The van der Waals surface area contributed by atoms with E-state index in [0.717, 1.165) is 29.1 Å². The van der Waals surface area contributed by atoms with Gasteiger partial charge in [0.25, 0.3) is 5.91 Å². The van der Waals surface area contributed by atoms with Gasteiger partial charge >= 0.3 is 0 Å². The van der Waals surface area contributed by atoms with Crippen LogP contribution in [0.2, 0.25) is 0 Å². The number of carbonyl (C=O) groups excluding carboxylic acids is 1. The Balaban J connectivity index is 1.31. The minimum Gasteiger partial charge on any atom is -0.484 e. The van der Waals surface area contributed by atoms with E-state index < -0.39 is 0 Å². The molecular formula is C24H26N2O4S. The predicted octanol–water partition coefficient (Wildman–Crippen LogP) is 4.80. The van der Waals surface area contributed by atoms with Crippen LogP contribution in [-0.4, -0.2) is 41.4 Å². The van der Waals surface area contributed by atoms with Crippen molar-refractivity contribution >= 4 is 17.7 Å². The first-order chi connectivity index (χ1) is 15.2. The van der Waals surface area contributed by atoms with Crippen molar-refractivity contribution in [2.75, 3.05) is 19.3 Å². The van der Waals surface area contributed by atoms with Crippen LogP contribution in [-0.2, 0) is 18.0 Å². The van der Waals surface area contributed by atoms with Crippen LogP contribution in [0.4, 0.5) is 0 Å². The molecular weight excluding hydrogens is 412 g/mol. The summed E-state index contributed by atoms with van der Waals surface area (Å²) < 4.78 is 17.2. The van der Waals surface area contributed by atoms with E-state index in [9.17, 15) is 4.79 Å². The summed E-state index contributed by atoms with van der Waals surface area (Å²) in [6, 6.07) is 19.6. The van der Waals surface area contributed by atoms with Crippen molar-refractivity contribution in [2.24, 2.45) is 0 Å². The van der Waals surface area contributed by atoms with Gasteiger partial charge in [-0.2, -0.15) is 0 Å². The van der Waals surface area contributed by atoms with E-state index in [1.54, 1.807) is 22.7 Å². The zero-order chi connectivity index (χ0) is 21.5. The van der Waals surface area contributed by atoms with Crippen LogP contribution in [0.5, 0.6) is 5.75 Å². The van der Waals surface area contributed by atoms with Crippen LogP contribution < -0.4 is 4.74 Å². The molecule has 1 atom stereocenters. The standard InChI is InChI=1S/C24H26N2O4S/c1-31-23-12-6-5-11-22(23)29-17-20-14-21(25-30-20)24(27)26-13-7-10-19(15-26)28-16-18-8-3-2-4-9-18/h2-6,8-9,11-12,14,19H,7,10,13,15-17H2,1H3/t19-/m1/s1. The number of rotatable bonds is 8. The zero-order valence-corrected chi connectivity index (χ0v) is 18.3. The fourth-order valence-corrected chi connectivity index (χ4v) is 4.12. The van der Waals surface area contributed by atoms with Gasteiger partial charge in [0.1, 0.15) is 12.4 Å². The minimum absolute atomic E-state index is 0.0238. The van der Waals surface area contributed by atoms with E-state index in [-0.39, 0.29) is 18.6 Å². The number of likely N-dealkylation sites (tertiary alicyclic amines) is 1. The van der Waals surface area contributed by atoms with Gasteiger partial charge < -0.3 is 18.9 Å². The summed E-state index contributed by atoms with van der Waals surface area (Å²) in [5.74, 6) is 1.18. The Hall–Kier alpha value is -2.77. The summed E-state index contributed by atoms with van der Waals surface area (Å²) in [5, 5.41) is 3.97. The molecule has 1 aliphatic heterocycles. The second-order valence-corrected chi connectivity index (χ2v) is 8.28. The van der Waals surface area contributed by atoms with Crippen LogP contribution in [0, 0.1) is 0 Å². The molecule has 0 aliphatic carbocycles. The van der Waals surface area contributed by atoms with Gasteiger partial charge in [-0.15, -0.1) is 11.8 Å². The number of carbonyl (C=O) groups is 1. The lowest BCUT2D eigenvalue weighted by Crippen LogP contribution is -2.43. The van der Waals surface area contributed by atoms with Gasteiger partial charge in [-0.05, 0) is 36.8 Å². The van der Waals surface area contributed by atoms with Gasteiger partial charge in [-0.25, -0.2) is 0 Å². The van der Waals surface area contributed by atoms with E-state index in [0.29, 0.717) is 31.2 Å². The number of nitrogens with zero attached hydrogens (tertiary/aromatic N) is 2. The second kappa shape index (κ2) is 10.5. The predicted molar refractivity (Wildman–Crippen MR) is 119 cm³/mol. The molecule has 0 spiro atoms. The van der Waals surface area contributed by atoms with E-state index in [2.05, 4.69) is 5.16 Å². The van der Waals surface area contributed by atoms with Crippen molar-refractivity contribution in [1.29, 1.82) is 0 Å². The van der Waals surface area contributed by atoms with E-state index in [4.69, 9.17) is 14.0 Å². The fourth-order valence-electron chi connectivity index (χ4n) is 3.58. The average Bonchev–Trinajstić information content (AvgIpc) is 3.31. The van der Waals surface area contributed by atoms with Crippen molar-refractivity contribution < 1.29 is 18.8 Å². The third-order valence-corrected chi connectivity index (χ3v) is 5.99. The number of hydrogen-bond donors (Lipinski definition) is 0. The molecule has 7 heteroatoms. The Morgan fingerprint density at radius 2 is 1.97 bits per heavy atom. The quantitative estimate of drug-likeness (QED) is 0.471. The Morgan fingerprint density at radius 1 is 1.16 bits per heavy atom. The summed E-state index contributed by atoms with van der Waals surface area (Å²) >= 11 is 1.62. The highest BCUT2D eigenvalue weighted by Crippen LogP contribution is 2.27. The molecule has 162 valence electrons. The molecule has 1 fully saturated rings. The molecule has 1 aliphatic rings. The van der Waals surface area contributed by atoms with Crippen LogP contribution >= 0.6 is 11.8 Å². The second-order valence-electron chi connectivity index (χ2n) is 7.43. The monoisotopic (exact) mass is 438 g/mol. The number of para-hydroxylation sites is 1. The Labute approximate surface area is 186 Å². The molecule has 6 nitrogen and oxygen atoms in total. The van der Waals surface area contributed by atoms with E-state index >= 15 is 0 Å². The lowest BCUT2D eigenvalue weighted by Gasteiger charge is -2.32. The molecule has 4 rings (SSSR count). The lowest BCUT2D eigenvalue weighted by molar-refractivity contribution is -0.00699. The third kappa shape index (κ3) is 5.68. The van der Waals surface area contributed by atoms with Crippen molar-refractivity contribution in [1.82, 2.24) is 10.1 Å². The van der Waals surface area contributed by atoms with Gasteiger partial charge in [-0.3, -0.25) is 4.79 Å². The SMILES string of the molecule is CSc1ccccc1OCc1cc(C(=O)N2CCC[C@@H](OCc3ccccc3)C2)no1. The molecule has 0 saturated carbocycles. The molecule has 1 saturated heterocycles. The number of benzene rings is 2. The third-order valence-electron chi connectivity index (χ3n) is 5.21. The summed E-state index contributed by atoms with van der Waals surface area (Å²) in [7, 11) is 0. The highest BCUT2D eigenvalue weighted by molar-refractivity contribution is 7.98. The van der Waals surface area contributed by atoms with Gasteiger partial charge in [0.05, 0.1) is 12.7 Å². The minimum atomic E-state index is -0.132. The summed E-state index contributed by atoms with van der Waals surface area (Å²) in [4.78, 5) is 15.8. The van der Waals surface area contributed by atoms with Crippen molar-refractivity contribution in [3.05, 3.63) is 77.7 Å². The van der Waals surface area contributed by atoms with Crippen molar-refractivity contribution in [3.63, 3.8) is 0 Å². The summed E-state index contributed by atoms with van der Waals surface area (Å²) in [6.07, 6.45) is 3.88. The van der Waals surface area contributed by atoms with Gasteiger partial charge in [0.2, 0.25) is 0 Å². The average molecular weight is 439 g/mol. The molecule has 2 heterocycles. The first kappa shape index (κ1) is 21.5. The van der Waals surface area contributed by atoms with Crippen LogP contribution in [0.1, 0.15) is 34.7 Å². The number of ether oxygens (including phenoxy) is 2. The number of thioether (sulfide) groups is 1. The molecule has 0 unspecified atom stereocenters. The summed E-state index contributed by atoms with van der Waals surface area (Å²) in [5.41, 5.74) is 1.44. The normalized spacial score (nSPS) is 16.3. The molecule has 0 N–H and O–H groups in total. The van der Waals surface area contributed by atoms with Gasteiger partial charge in [0, 0.05) is 24.1 Å². The highest BCUT2D eigenvalue weighted by Gasteiger charge is 2.27. The number of amides is 1. The number of hydrogen-bond acceptors (Lipinski definition) is 6. The Bertz CT molecular complexity index is 992.